The van der Waals surface area contributed by atoms with Crippen LogP contribution in [0.2, 0.25) is 0 Å². The van der Waals surface area contributed by atoms with Crippen molar-refractivity contribution in [1.29, 1.82) is 0 Å². The predicted octanol–water partition coefficient (Wildman–Crippen LogP) is 3.72. The van der Waals surface area contributed by atoms with Gasteiger partial charge in [-0.25, -0.2) is 0 Å². The van der Waals surface area contributed by atoms with Gasteiger partial charge >= 0.3 is 0 Å². The molecule has 2 aromatic carbocycles. The summed E-state index contributed by atoms with van der Waals surface area (Å²) in [5.74, 6) is -0.208. The van der Waals surface area contributed by atoms with Crippen LogP contribution in [0.1, 0.15) is 24.8 Å². The van der Waals surface area contributed by atoms with Crippen LogP contribution in [0.25, 0.3) is 0 Å². The fourth-order valence-corrected chi connectivity index (χ4v) is 3.83. The predicted molar refractivity (Wildman–Crippen MR) is 112 cm³/mol. The van der Waals surface area contributed by atoms with Gasteiger partial charge in [0.15, 0.2) is 0 Å². The highest BCUT2D eigenvalue weighted by atomic mass is 79.9. The Morgan fingerprint density at radius 2 is 1.74 bits per heavy atom. The van der Waals surface area contributed by atoms with E-state index in [1.807, 2.05) is 48.5 Å². The Bertz CT molecular complexity index is 799. The van der Waals surface area contributed by atoms with E-state index in [1.54, 1.807) is 0 Å². The van der Waals surface area contributed by atoms with Crippen LogP contribution in [0.15, 0.2) is 53.0 Å². The van der Waals surface area contributed by atoms with E-state index in [0.717, 1.165) is 47.3 Å². The maximum Gasteiger partial charge on any atom is 0.224 e. The molecule has 1 fully saturated rings. The van der Waals surface area contributed by atoms with Gasteiger partial charge in [0.05, 0.1) is 0 Å². The Hall–Kier alpha value is -2.34. The van der Waals surface area contributed by atoms with Crippen LogP contribution in [-0.4, -0.2) is 24.9 Å². The maximum atomic E-state index is 12.2. The summed E-state index contributed by atoms with van der Waals surface area (Å²) in [6.07, 6.45) is 2.72. The standard InChI is InChI=1S/C21H24BrN3O2/c22-19-4-2-1-3-15(19)5-10-20(26)24-17-6-8-18(9-7-17)25-13-11-16(12-14-25)21(23)27/h1-4,6-9,16H,5,10-14H2,(H2,23,27)(H,24,26). The number of aryl methyl sites for hydroxylation is 1. The summed E-state index contributed by atoms with van der Waals surface area (Å²) in [6, 6.07) is 15.8. The summed E-state index contributed by atoms with van der Waals surface area (Å²) in [7, 11) is 0. The number of nitrogens with one attached hydrogen (secondary N) is 1. The van der Waals surface area contributed by atoms with Crippen LogP contribution in [-0.2, 0) is 16.0 Å². The van der Waals surface area contributed by atoms with Crippen LogP contribution >= 0.6 is 15.9 Å². The highest BCUT2D eigenvalue weighted by Crippen LogP contribution is 2.24. The molecule has 3 N–H and O–H groups in total. The molecule has 0 spiro atoms. The molecule has 1 heterocycles. The van der Waals surface area contributed by atoms with Crippen molar-refractivity contribution >= 4 is 39.1 Å². The first-order valence-electron chi connectivity index (χ1n) is 9.20. The molecule has 0 bridgehead atoms. The van der Waals surface area contributed by atoms with E-state index in [4.69, 9.17) is 5.73 Å². The first-order valence-corrected chi connectivity index (χ1v) is 10.00. The highest BCUT2D eigenvalue weighted by molar-refractivity contribution is 9.10. The van der Waals surface area contributed by atoms with Gasteiger partial charge < -0.3 is 16.0 Å². The molecule has 27 heavy (non-hydrogen) atoms. The third-order valence-corrected chi connectivity index (χ3v) is 5.77. The van der Waals surface area contributed by atoms with Crippen molar-refractivity contribution in [2.24, 2.45) is 11.7 Å². The lowest BCUT2D eigenvalue weighted by atomic mass is 9.96. The van der Waals surface area contributed by atoms with Crippen LogP contribution in [0.5, 0.6) is 0 Å². The minimum atomic E-state index is -0.199. The fraction of sp³-hybridized carbons (Fsp3) is 0.333. The second-order valence-corrected chi connectivity index (χ2v) is 7.70. The number of nitrogens with zero attached hydrogens (tertiary/aromatic N) is 1. The number of carbonyl (C=O) groups excluding carboxylic acids is 2. The van der Waals surface area contributed by atoms with Crippen molar-refractivity contribution in [3.8, 4) is 0 Å². The molecule has 0 aliphatic carbocycles. The average molecular weight is 430 g/mol. The molecule has 0 aromatic heterocycles. The number of anilines is 2. The zero-order chi connectivity index (χ0) is 19.2. The number of benzene rings is 2. The number of primary amides is 1. The van der Waals surface area contributed by atoms with E-state index in [0.29, 0.717) is 12.8 Å². The monoisotopic (exact) mass is 429 g/mol. The van der Waals surface area contributed by atoms with Crippen molar-refractivity contribution < 1.29 is 9.59 Å². The van der Waals surface area contributed by atoms with Crippen LogP contribution in [0, 0.1) is 5.92 Å². The molecule has 2 aromatic rings. The van der Waals surface area contributed by atoms with E-state index in [2.05, 4.69) is 26.1 Å². The molecule has 1 saturated heterocycles. The fourth-order valence-electron chi connectivity index (χ4n) is 3.35. The summed E-state index contributed by atoms with van der Waals surface area (Å²) < 4.78 is 1.03. The lowest BCUT2D eigenvalue weighted by Crippen LogP contribution is -2.38. The van der Waals surface area contributed by atoms with Gasteiger partial charge in [-0.05, 0) is 55.2 Å². The molecule has 5 nitrogen and oxygen atoms in total. The molecule has 142 valence electrons. The largest absolute Gasteiger partial charge is 0.371 e. The third-order valence-electron chi connectivity index (χ3n) is 4.99. The van der Waals surface area contributed by atoms with E-state index < -0.39 is 0 Å². The highest BCUT2D eigenvalue weighted by Gasteiger charge is 2.23. The van der Waals surface area contributed by atoms with Gasteiger partial charge in [-0.1, -0.05) is 34.1 Å². The number of piperidine rings is 1. The number of hydrogen-bond acceptors (Lipinski definition) is 3. The minimum Gasteiger partial charge on any atom is -0.371 e. The van der Waals surface area contributed by atoms with E-state index in [9.17, 15) is 9.59 Å². The first kappa shape index (κ1) is 19.4. The second-order valence-electron chi connectivity index (χ2n) is 6.85. The number of rotatable bonds is 6. The van der Waals surface area contributed by atoms with E-state index in [1.165, 1.54) is 0 Å². The Morgan fingerprint density at radius 3 is 2.37 bits per heavy atom. The Balaban J connectivity index is 1.49. The van der Waals surface area contributed by atoms with Gasteiger partial charge in [0.2, 0.25) is 11.8 Å². The van der Waals surface area contributed by atoms with Gasteiger partial charge in [-0.3, -0.25) is 9.59 Å². The molecule has 3 rings (SSSR count). The number of carbonyl (C=O) groups is 2. The molecular weight excluding hydrogens is 406 g/mol. The molecule has 0 atom stereocenters. The zero-order valence-corrected chi connectivity index (χ0v) is 16.7. The molecule has 0 radical (unpaired) electrons. The topological polar surface area (TPSA) is 75.4 Å². The average Bonchev–Trinajstić information content (AvgIpc) is 2.68. The van der Waals surface area contributed by atoms with Crippen LogP contribution in [0.4, 0.5) is 11.4 Å². The number of hydrogen-bond donors (Lipinski definition) is 2. The van der Waals surface area contributed by atoms with Gasteiger partial charge in [-0.15, -0.1) is 0 Å². The summed E-state index contributed by atoms with van der Waals surface area (Å²) in [6.45, 7) is 1.65. The summed E-state index contributed by atoms with van der Waals surface area (Å²) in [5, 5.41) is 2.95. The van der Waals surface area contributed by atoms with Crippen LogP contribution in [0.3, 0.4) is 0 Å². The lowest BCUT2D eigenvalue weighted by Gasteiger charge is -2.32. The van der Waals surface area contributed by atoms with E-state index in [-0.39, 0.29) is 17.7 Å². The molecule has 2 amide bonds. The van der Waals surface area contributed by atoms with Crippen LogP contribution < -0.4 is 16.0 Å². The normalized spacial score (nSPS) is 14.8. The van der Waals surface area contributed by atoms with Crippen molar-refractivity contribution in [1.82, 2.24) is 0 Å². The van der Waals surface area contributed by atoms with Gasteiger partial charge in [-0.2, -0.15) is 0 Å². The van der Waals surface area contributed by atoms with E-state index >= 15 is 0 Å². The van der Waals surface area contributed by atoms with Gasteiger partial charge in [0, 0.05) is 41.3 Å². The maximum absolute atomic E-state index is 12.2. The number of nitrogens with two attached hydrogens (primary N) is 1. The molecule has 1 aliphatic rings. The second kappa shape index (κ2) is 9.04. The first-order chi connectivity index (χ1) is 13.0. The van der Waals surface area contributed by atoms with Crippen molar-refractivity contribution in [2.75, 3.05) is 23.3 Å². The van der Waals surface area contributed by atoms with Gasteiger partial charge in [0.1, 0.15) is 0 Å². The minimum absolute atomic E-state index is 0.000718. The Kier molecular flexibility index (Phi) is 6.50. The van der Waals surface area contributed by atoms with Crippen molar-refractivity contribution in [3.05, 3.63) is 58.6 Å². The molecular formula is C21H24BrN3O2. The Morgan fingerprint density at radius 1 is 1.07 bits per heavy atom. The number of amides is 2. The van der Waals surface area contributed by atoms with Gasteiger partial charge in [0.25, 0.3) is 0 Å². The lowest BCUT2D eigenvalue weighted by molar-refractivity contribution is -0.122. The smallest absolute Gasteiger partial charge is 0.224 e. The summed E-state index contributed by atoms with van der Waals surface area (Å²) >= 11 is 3.51. The van der Waals surface area contributed by atoms with Crippen molar-refractivity contribution in [2.45, 2.75) is 25.7 Å². The summed E-state index contributed by atoms with van der Waals surface area (Å²) in [4.78, 5) is 25.7. The number of halogens is 1. The van der Waals surface area contributed by atoms with Crippen molar-refractivity contribution in [3.63, 3.8) is 0 Å². The molecule has 1 aliphatic heterocycles. The molecule has 6 heteroatoms. The SMILES string of the molecule is NC(=O)C1CCN(c2ccc(NC(=O)CCc3ccccc3Br)cc2)CC1. The molecule has 0 unspecified atom stereocenters. The quantitative estimate of drug-likeness (QED) is 0.734. The molecule has 0 saturated carbocycles. The third kappa shape index (κ3) is 5.32. The Labute approximate surface area is 168 Å². The zero-order valence-electron chi connectivity index (χ0n) is 15.2. The summed E-state index contributed by atoms with van der Waals surface area (Å²) in [5.41, 5.74) is 8.41.